The second kappa shape index (κ2) is 4.63. The van der Waals surface area contributed by atoms with Gasteiger partial charge in [0.25, 0.3) is 0 Å². The van der Waals surface area contributed by atoms with Crippen LogP contribution in [0.5, 0.6) is 0 Å². The molecule has 0 aliphatic rings. The van der Waals surface area contributed by atoms with Gasteiger partial charge in [0, 0.05) is 26.2 Å². The molecule has 2 rings (SSSR count). The van der Waals surface area contributed by atoms with Gasteiger partial charge in [0.05, 0.1) is 6.20 Å². The molecule has 2 N–H and O–H groups in total. The number of aromatic nitrogens is 5. The zero-order chi connectivity index (χ0) is 12.3. The SMILES string of the molecule is Cn1cnc(CCNS(=O)(=O)c2cn[nH]c2)n1. The number of nitrogens with one attached hydrogen (secondary N) is 2. The Balaban J connectivity index is 1.91. The minimum absolute atomic E-state index is 0.117. The second-order valence-corrected chi connectivity index (χ2v) is 5.18. The first kappa shape index (κ1) is 11.7. The van der Waals surface area contributed by atoms with Gasteiger partial charge in [-0.05, 0) is 0 Å². The van der Waals surface area contributed by atoms with Gasteiger partial charge in [0.2, 0.25) is 10.0 Å². The fourth-order valence-electron chi connectivity index (χ4n) is 1.27. The van der Waals surface area contributed by atoms with Crippen LogP contribution in [0.3, 0.4) is 0 Å². The summed E-state index contributed by atoms with van der Waals surface area (Å²) in [4.78, 5) is 4.11. The molecule has 2 aromatic heterocycles. The molecule has 0 saturated heterocycles. The average molecular weight is 256 g/mol. The van der Waals surface area contributed by atoms with Gasteiger partial charge in [-0.25, -0.2) is 18.1 Å². The van der Waals surface area contributed by atoms with Crippen molar-refractivity contribution in [3.8, 4) is 0 Å². The second-order valence-electron chi connectivity index (χ2n) is 3.42. The first-order valence-corrected chi connectivity index (χ1v) is 6.39. The molecule has 0 amide bonds. The van der Waals surface area contributed by atoms with E-state index in [2.05, 4.69) is 25.0 Å². The van der Waals surface area contributed by atoms with E-state index in [1.54, 1.807) is 18.1 Å². The maximum absolute atomic E-state index is 11.7. The van der Waals surface area contributed by atoms with Gasteiger partial charge in [-0.3, -0.25) is 9.78 Å². The number of sulfonamides is 1. The van der Waals surface area contributed by atoms with E-state index in [1.807, 2.05) is 0 Å². The lowest BCUT2D eigenvalue weighted by atomic mass is 10.4. The molecule has 0 aliphatic heterocycles. The molecule has 0 bridgehead atoms. The van der Waals surface area contributed by atoms with Gasteiger partial charge in [0.1, 0.15) is 11.2 Å². The molecule has 0 unspecified atom stereocenters. The molecular weight excluding hydrogens is 244 g/mol. The quantitative estimate of drug-likeness (QED) is 0.718. The number of hydrogen-bond acceptors (Lipinski definition) is 5. The fraction of sp³-hybridized carbons (Fsp3) is 0.375. The Morgan fingerprint density at radius 1 is 1.53 bits per heavy atom. The number of nitrogens with zero attached hydrogens (tertiary/aromatic N) is 4. The van der Waals surface area contributed by atoms with Gasteiger partial charge in [-0.2, -0.15) is 10.2 Å². The van der Waals surface area contributed by atoms with E-state index in [9.17, 15) is 8.42 Å². The van der Waals surface area contributed by atoms with Crippen LogP contribution in [0.25, 0.3) is 0 Å². The topological polar surface area (TPSA) is 106 Å². The Morgan fingerprint density at radius 2 is 2.35 bits per heavy atom. The summed E-state index contributed by atoms with van der Waals surface area (Å²) in [5.41, 5.74) is 0. The van der Waals surface area contributed by atoms with Gasteiger partial charge in [-0.1, -0.05) is 0 Å². The van der Waals surface area contributed by atoms with Crippen LogP contribution in [0.1, 0.15) is 5.82 Å². The molecule has 0 fully saturated rings. The van der Waals surface area contributed by atoms with Crippen LogP contribution in [0.4, 0.5) is 0 Å². The molecule has 0 radical (unpaired) electrons. The normalized spacial score (nSPS) is 11.8. The lowest BCUT2D eigenvalue weighted by Crippen LogP contribution is -2.26. The highest BCUT2D eigenvalue weighted by Crippen LogP contribution is 2.03. The number of aromatic amines is 1. The smallest absolute Gasteiger partial charge is 0.243 e. The average Bonchev–Trinajstić information content (AvgIpc) is 2.89. The van der Waals surface area contributed by atoms with Crippen LogP contribution in [0, 0.1) is 0 Å². The Hall–Kier alpha value is -1.74. The van der Waals surface area contributed by atoms with Crippen molar-refractivity contribution < 1.29 is 8.42 Å². The van der Waals surface area contributed by atoms with Crippen LogP contribution in [-0.2, 0) is 23.5 Å². The highest BCUT2D eigenvalue weighted by atomic mass is 32.2. The molecule has 0 aromatic carbocycles. The third-order valence-corrected chi connectivity index (χ3v) is 3.50. The molecule has 92 valence electrons. The molecular formula is C8H12N6O2S. The van der Waals surface area contributed by atoms with Crippen LogP contribution in [-0.4, -0.2) is 39.9 Å². The molecule has 0 spiro atoms. The molecule has 17 heavy (non-hydrogen) atoms. The van der Waals surface area contributed by atoms with Crippen molar-refractivity contribution in [1.29, 1.82) is 0 Å². The molecule has 2 heterocycles. The van der Waals surface area contributed by atoms with E-state index in [4.69, 9.17) is 0 Å². The molecule has 0 saturated carbocycles. The minimum atomic E-state index is -3.49. The molecule has 0 atom stereocenters. The maximum atomic E-state index is 11.7. The van der Waals surface area contributed by atoms with Crippen LogP contribution in [0.15, 0.2) is 23.6 Å². The maximum Gasteiger partial charge on any atom is 0.243 e. The third kappa shape index (κ3) is 2.88. The lowest BCUT2D eigenvalue weighted by Gasteiger charge is -2.02. The van der Waals surface area contributed by atoms with E-state index in [1.165, 1.54) is 12.4 Å². The van der Waals surface area contributed by atoms with Gasteiger partial charge >= 0.3 is 0 Å². The lowest BCUT2D eigenvalue weighted by molar-refractivity contribution is 0.580. The van der Waals surface area contributed by atoms with Crippen molar-refractivity contribution in [3.63, 3.8) is 0 Å². The fourth-order valence-corrected chi connectivity index (χ4v) is 2.20. The predicted octanol–water partition coefficient (Wildman–Crippen LogP) is -0.941. The van der Waals surface area contributed by atoms with Crippen molar-refractivity contribution in [1.82, 2.24) is 29.7 Å². The number of hydrogen-bond donors (Lipinski definition) is 2. The van der Waals surface area contributed by atoms with Crippen molar-refractivity contribution >= 4 is 10.0 Å². The molecule has 0 aliphatic carbocycles. The Bertz CT molecular complexity index is 573. The molecule has 8 nitrogen and oxygen atoms in total. The zero-order valence-corrected chi connectivity index (χ0v) is 9.98. The monoisotopic (exact) mass is 256 g/mol. The standard InChI is InChI=1S/C8H12N6O2S/c1-14-6-9-8(13-14)2-3-12-17(15,16)7-4-10-11-5-7/h4-6,12H,2-3H2,1H3,(H,10,11). The third-order valence-electron chi connectivity index (χ3n) is 2.07. The van der Waals surface area contributed by atoms with E-state index >= 15 is 0 Å². The summed E-state index contributed by atoms with van der Waals surface area (Å²) in [5.74, 6) is 0.599. The largest absolute Gasteiger partial charge is 0.284 e. The summed E-state index contributed by atoms with van der Waals surface area (Å²) in [6, 6.07) is 0. The van der Waals surface area contributed by atoms with Crippen molar-refractivity contribution in [2.24, 2.45) is 7.05 Å². The van der Waals surface area contributed by atoms with Gasteiger partial charge in [0.15, 0.2) is 5.82 Å². The van der Waals surface area contributed by atoms with E-state index in [0.717, 1.165) is 0 Å². The summed E-state index contributed by atoms with van der Waals surface area (Å²) in [6.07, 6.45) is 4.58. The number of rotatable bonds is 5. The van der Waals surface area contributed by atoms with Crippen molar-refractivity contribution in [2.45, 2.75) is 11.3 Å². The summed E-state index contributed by atoms with van der Waals surface area (Å²) in [6.45, 7) is 0.248. The first-order valence-electron chi connectivity index (χ1n) is 4.91. The van der Waals surface area contributed by atoms with Crippen LogP contribution < -0.4 is 4.72 Å². The highest BCUT2D eigenvalue weighted by Gasteiger charge is 2.14. The highest BCUT2D eigenvalue weighted by molar-refractivity contribution is 7.89. The first-order chi connectivity index (χ1) is 8.08. The summed E-state index contributed by atoms with van der Waals surface area (Å²) < 4.78 is 27.4. The van der Waals surface area contributed by atoms with E-state index < -0.39 is 10.0 Å². The Morgan fingerprint density at radius 3 is 2.94 bits per heavy atom. The molecule has 9 heteroatoms. The van der Waals surface area contributed by atoms with E-state index in [0.29, 0.717) is 12.2 Å². The van der Waals surface area contributed by atoms with Crippen LogP contribution in [0.2, 0.25) is 0 Å². The Kier molecular flexibility index (Phi) is 3.20. The van der Waals surface area contributed by atoms with Crippen molar-refractivity contribution in [3.05, 3.63) is 24.5 Å². The number of aryl methyl sites for hydroxylation is 1. The zero-order valence-electron chi connectivity index (χ0n) is 9.16. The summed E-state index contributed by atoms with van der Waals surface area (Å²) >= 11 is 0. The van der Waals surface area contributed by atoms with Gasteiger partial charge < -0.3 is 0 Å². The van der Waals surface area contributed by atoms with Gasteiger partial charge in [-0.15, -0.1) is 0 Å². The van der Waals surface area contributed by atoms with E-state index in [-0.39, 0.29) is 11.4 Å². The van der Waals surface area contributed by atoms with Crippen LogP contribution >= 0.6 is 0 Å². The minimum Gasteiger partial charge on any atom is -0.284 e. The predicted molar refractivity (Wildman–Crippen MR) is 58.5 cm³/mol. The summed E-state index contributed by atoms with van der Waals surface area (Å²) in [7, 11) is -1.73. The Labute approximate surface area is 98.1 Å². The van der Waals surface area contributed by atoms with Crippen molar-refractivity contribution in [2.75, 3.05) is 6.54 Å². The number of H-pyrrole nitrogens is 1. The molecule has 2 aromatic rings. The summed E-state index contributed by atoms with van der Waals surface area (Å²) in [5, 5.41) is 10.1.